The first kappa shape index (κ1) is 17.1. The van der Waals surface area contributed by atoms with E-state index in [1.54, 1.807) is 11.3 Å². The number of thiophene rings is 1. The molecule has 1 unspecified atom stereocenters. The summed E-state index contributed by atoms with van der Waals surface area (Å²) in [5.41, 5.74) is -0.144. The molecule has 134 valence electrons. The van der Waals surface area contributed by atoms with Crippen LogP contribution in [0.25, 0.3) is 10.7 Å². The third-order valence-electron chi connectivity index (χ3n) is 3.88. The summed E-state index contributed by atoms with van der Waals surface area (Å²) in [4.78, 5) is 19.3. The zero-order chi connectivity index (χ0) is 17.9. The molecule has 0 radical (unpaired) electrons. The smallest absolute Gasteiger partial charge is 0.305 e. The minimum absolute atomic E-state index is 0.127. The molecule has 1 fully saturated rings. The predicted octanol–water partition coefficient (Wildman–Crippen LogP) is 3.04. The van der Waals surface area contributed by atoms with Crippen LogP contribution in [0.4, 0.5) is 5.69 Å². The van der Waals surface area contributed by atoms with Crippen LogP contribution in [0.1, 0.15) is 12.8 Å². The quantitative estimate of drug-likeness (QED) is 0.359. The molecule has 11 heteroatoms. The molecule has 0 bridgehead atoms. The summed E-state index contributed by atoms with van der Waals surface area (Å²) in [6, 6.07) is 3.97. The van der Waals surface area contributed by atoms with Gasteiger partial charge in [0.1, 0.15) is 12.4 Å². The Morgan fingerprint density at radius 1 is 1.38 bits per heavy atom. The highest BCUT2D eigenvalue weighted by molar-refractivity contribution is 7.99. The van der Waals surface area contributed by atoms with E-state index in [4.69, 9.17) is 4.74 Å². The van der Waals surface area contributed by atoms with E-state index in [1.807, 2.05) is 22.1 Å². The Kier molecular flexibility index (Phi) is 4.91. The molecule has 0 N–H and O–H groups in total. The van der Waals surface area contributed by atoms with E-state index in [2.05, 4.69) is 20.2 Å². The summed E-state index contributed by atoms with van der Waals surface area (Å²) in [5, 5.41) is 22.4. The average Bonchev–Trinajstić information content (AvgIpc) is 3.39. The third-order valence-corrected chi connectivity index (χ3v) is 5.62. The third kappa shape index (κ3) is 3.59. The molecule has 0 aromatic carbocycles. The molecule has 1 aliphatic heterocycles. The van der Waals surface area contributed by atoms with Crippen LogP contribution >= 0.6 is 23.1 Å². The molecule has 0 aliphatic carbocycles. The largest absolute Gasteiger partial charge is 0.376 e. The van der Waals surface area contributed by atoms with Crippen LogP contribution in [0.2, 0.25) is 0 Å². The van der Waals surface area contributed by atoms with Crippen molar-refractivity contribution in [3.63, 3.8) is 0 Å². The molecule has 1 aliphatic rings. The van der Waals surface area contributed by atoms with Crippen molar-refractivity contribution in [2.45, 2.75) is 35.8 Å². The summed E-state index contributed by atoms with van der Waals surface area (Å²) < 4.78 is 7.77. The average molecular weight is 390 g/mol. The maximum absolute atomic E-state index is 10.7. The molecule has 4 heterocycles. The SMILES string of the molecule is O=[N+]([O-])c1cnc(Sc2nnc(-c3cccs3)n2CC2CCCO2)nc1. The van der Waals surface area contributed by atoms with Gasteiger partial charge in [-0.15, -0.1) is 21.5 Å². The molecule has 4 rings (SSSR count). The fraction of sp³-hybridized carbons (Fsp3) is 0.333. The minimum Gasteiger partial charge on any atom is -0.376 e. The monoisotopic (exact) mass is 390 g/mol. The fourth-order valence-corrected chi connectivity index (χ4v) is 4.09. The second-order valence-electron chi connectivity index (χ2n) is 5.61. The first-order valence-electron chi connectivity index (χ1n) is 7.93. The zero-order valence-corrected chi connectivity index (χ0v) is 15.2. The molecular weight excluding hydrogens is 376 g/mol. The Balaban J connectivity index is 1.63. The highest BCUT2D eigenvalue weighted by Gasteiger charge is 2.23. The van der Waals surface area contributed by atoms with Crippen molar-refractivity contribution < 1.29 is 9.66 Å². The highest BCUT2D eigenvalue weighted by Crippen LogP contribution is 2.31. The lowest BCUT2D eigenvalue weighted by Crippen LogP contribution is -2.16. The lowest BCUT2D eigenvalue weighted by Gasteiger charge is -2.13. The van der Waals surface area contributed by atoms with Crippen LogP contribution in [0.5, 0.6) is 0 Å². The van der Waals surface area contributed by atoms with Crippen molar-refractivity contribution >= 4 is 28.8 Å². The second kappa shape index (κ2) is 7.48. The van der Waals surface area contributed by atoms with Gasteiger partial charge in [0, 0.05) is 6.61 Å². The van der Waals surface area contributed by atoms with Crippen molar-refractivity contribution in [3.8, 4) is 10.7 Å². The van der Waals surface area contributed by atoms with E-state index in [1.165, 1.54) is 24.2 Å². The van der Waals surface area contributed by atoms with Crippen LogP contribution in [-0.2, 0) is 11.3 Å². The number of ether oxygens (including phenoxy) is 1. The second-order valence-corrected chi connectivity index (χ2v) is 7.49. The first-order chi connectivity index (χ1) is 12.7. The standard InChI is InChI=1S/C15H14N6O3S2/c22-21(23)10-7-16-14(17-8-10)26-15-19-18-13(12-4-2-6-25-12)20(15)9-11-3-1-5-24-11/h2,4,6-8,11H,1,3,5,9H2. The van der Waals surface area contributed by atoms with Gasteiger partial charge in [-0.1, -0.05) is 6.07 Å². The van der Waals surface area contributed by atoms with E-state index >= 15 is 0 Å². The van der Waals surface area contributed by atoms with Crippen molar-refractivity contribution in [1.82, 2.24) is 24.7 Å². The van der Waals surface area contributed by atoms with Gasteiger partial charge < -0.3 is 4.74 Å². The number of nitrogens with zero attached hydrogens (tertiary/aromatic N) is 6. The van der Waals surface area contributed by atoms with E-state index in [9.17, 15) is 10.1 Å². The Labute approximate surface area is 156 Å². The lowest BCUT2D eigenvalue weighted by atomic mass is 10.2. The van der Waals surface area contributed by atoms with Crippen molar-refractivity contribution in [3.05, 3.63) is 40.0 Å². The molecule has 0 saturated carbocycles. The van der Waals surface area contributed by atoms with E-state index in [0.717, 1.165) is 30.2 Å². The molecule has 0 amide bonds. The predicted molar refractivity (Wildman–Crippen MR) is 95.1 cm³/mol. The van der Waals surface area contributed by atoms with Crippen LogP contribution in [-0.4, -0.2) is 42.4 Å². The first-order valence-corrected chi connectivity index (χ1v) is 9.63. The van der Waals surface area contributed by atoms with E-state index < -0.39 is 4.92 Å². The van der Waals surface area contributed by atoms with Gasteiger partial charge in [-0.3, -0.25) is 14.7 Å². The molecule has 1 atom stereocenters. The lowest BCUT2D eigenvalue weighted by molar-refractivity contribution is -0.385. The van der Waals surface area contributed by atoms with Crippen LogP contribution in [0, 0.1) is 10.1 Å². The minimum atomic E-state index is -0.525. The van der Waals surface area contributed by atoms with Crippen LogP contribution < -0.4 is 0 Å². The van der Waals surface area contributed by atoms with Gasteiger partial charge in [-0.2, -0.15) is 0 Å². The van der Waals surface area contributed by atoms with Gasteiger partial charge >= 0.3 is 5.69 Å². The van der Waals surface area contributed by atoms with Crippen LogP contribution in [0.3, 0.4) is 0 Å². The molecular formula is C15H14N6O3S2. The molecule has 3 aromatic rings. The number of rotatable bonds is 6. The van der Waals surface area contributed by atoms with Gasteiger partial charge in [0.25, 0.3) is 0 Å². The molecule has 0 spiro atoms. The Morgan fingerprint density at radius 3 is 2.88 bits per heavy atom. The maximum Gasteiger partial charge on any atom is 0.305 e. The van der Waals surface area contributed by atoms with Crippen molar-refractivity contribution in [2.75, 3.05) is 6.61 Å². The molecule has 9 nitrogen and oxygen atoms in total. The molecule has 26 heavy (non-hydrogen) atoms. The molecule has 1 saturated heterocycles. The van der Waals surface area contributed by atoms with Gasteiger partial charge in [0.05, 0.1) is 22.4 Å². The van der Waals surface area contributed by atoms with Crippen molar-refractivity contribution in [1.29, 1.82) is 0 Å². The highest BCUT2D eigenvalue weighted by atomic mass is 32.2. The van der Waals surface area contributed by atoms with E-state index in [-0.39, 0.29) is 11.8 Å². The summed E-state index contributed by atoms with van der Waals surface area (Å²) in [6.45, 7) is 1.42. The zero-order valence-electron chi connectivity index (χ0n) is 13.5. The van der Waals surface area contributed by atoms with Gasteiger partial charge in [0.15, 0.2) is 16.1 Å². The fourth-order valence-electron chi connectivity index (χ4n) is 2.65. The van der Waals surface area contributed by atoms with Crippen LogP contribution in [0.15, 0.2) is 40.2 Å². The summed E-state index contributed by atoms with van der Waals surface area (Å²) in [6.07, 6.45) is 4.56. The Morgan fingerprint density at radius 2 is 2.23 bits per heavy atom. The number of nitro groups is 1. The summed E-state index contributed by atoms with van der Waals surface area (Å²) in [7, 11) is 0. The molecule has 3 aromatic heterocycles. The number of aromatic nitrogens is 5. The number of hydrogen-bond donors (Lipinski definition) is 0. The normalized spacial score (nSPS) is 16.8. The van der Waals surface area contributed by atoms with Gasteiger partial charge in [0.2, 0.25) is 0 Å². The summed E-state index contributed by atoms with van der Waals surface area (Å²) in [5.74, 6) is 0.778. The summed E-state index contributed by atoms with van der Waals surface area (Å²) >= 11 is 2.82. The topological polar surface area (TPSA) is 109 Å². The van der Waals surface area contributed by atoms with Gasteiger partial charge in [-0.25, -0.2) is 9.97 Å². The Hall–Kier alpha value is -2.37. The Bertz CT molecular complexity index is 891. The van der Waals surface area contributed by atoms with E-state index in [0.29, 0.717) is 16.9 Å². The van der Waals surface area contributed by atoms with Crippen molar-refractivity contribution in [2.24, 2.45) is 0 Å². The number of hydrogen-bond acceptors (Lipinski definition) is 9. The van der Waals surface area contributed by atoms with Gasteiger partial charge in [-0.05, 0) is 36.0 Å². The maximum atomic E-state index is 10.7.